The second kappa shape index (κ2) is 14.6. The zero-order valence-electron chi connectivity index (χ0n) is 25.5. The van der Waals surface area contributed by atoms with E-state index in [9.17, 15) is 19.5 Å². The number of hydrogen-bond acceptors (Lipinski definition) is 7. The summed E-state index contributed by atoms with van der Waals surface area (Å²) in [5, 5.41) is 20.8. The maximum absolute atomic E-state index is 13.8. The molecule has 2 amide bonds. The molecule has 3 aromatic rings. The van der Waals surface area contributed by atoms with Crippen LogP contribution in [0.1, 0.15) is 60.8 Å². The molecule has 4 rings (SSSR count). The molecule has 12 heteroatoms. The van der Waals surface area contributed by atoms with Gasteiger partial charge in [-0.1, -0.05) is 60.1 Å². The van der Waals surface area contributed by atoms with Gasteiger partial charge in [-0.05, 0) is 50.8 Å². The fourth-order valence-electron chi connectivity index (χ4n) is 5.27. The van der Waals surface area contributed by atoms with Crippen molar-refractivity contribution in [2.45, 2.75) is 70.9 Å². The highest BCUT2D eigenvalue weighted by atomic mass is 35.5. The molecule has 2 atom stereocenters. The van der Waals surface area contributed by atoms with Gasteiger partial charge in [0.15, 0.2) is 5.69 Å². The fourth-order valence-corrected chi connectivity index (χ4v) is 5.47. The van der Waals surface area contributed by atoms with E-state index in [1.807, 2.05) is 69.3 Å². The van der Waals surface area contributed by atoms with E-state index in [0.29, 0.717) is 29.5 Å². The number of nitrogens with zero attached hydrogens (tertiary/aromatic N) is 3. The first-order valence-corrected chi connectivity index (χ1v) is 15.0. The zero-order chi connectivity index (χ0) is 31.9. The van der Waals surface area contributed by atoms with E-state index in [4.69, 9.17) is 21.1 Å². The molecule has 3 N–H and O–H groups in total. The number of nitrogens with one attached hydrogen (secondary N) is 2. The Morgan fingerprint density at radius 1 is 1.11 bits per heavy atom. The van der Waals surface area contributed by atoms with Gasteiger partial charge in [0, 0.05) is 49.7 Å². The molecular weight excluding hydrogens is 586 g/mol. The number of aliphatic carboxylic acids is 1. The molecule has 0 radical (unpaired) electrons. The van der Waals surface area contributed by atoms with Crippen molar-refractivity contribution >= 4 is 35.4 Å². The number of anilines is 1. The minimum atomic E-state index is -1.17. The highest BCUT2D eigenvalue weighted by Gasteiger charge is 2.33. The monoisotopic (exact) mass is 625 g/mol. The summed E-state index contributed by atoms with van der Waals surface area (Å²) in [7, 11) is 1.53. The number of carbonyl (C=O) groups is 3. The van der Waals surface area contributed by atoms with E-state index in [2.05, 4.69) is 20.6 Å². The molecule has 11 nitrogen and oxygen atoms in total. The largest absolute Gasteiger partial charge is 0.480 e. The fraction of sp³-hybridized carbons (Fsp3) is 0.438. The number of alkyl carbamates (subject to hydrolysis) is 1. The lowest BCUT2D eigenvalue weighted by Crippen LogP contribution is -2.49. The maximum Gasteiger partial charge on any atom is 0.407 e. The lowest BCUT2D eigenvalue weighted by molar-refractivity contribution is -0.139. The predicted molar refractivity (Wildman–Crippen MR) is 167 cm³/mol. The third-order valence-corrected chi connectivity index (χ3v) is 7.51. The van der Waals surface area contributed by atoms with Gasteiger partial charge in [0.1, 0.15) is 24.2 Å². The topological polar surface area (TPSA) is 135 Å². The molecule has 1 aliphatic rings. The number of hydrogen-bond donors (Lipinski definition) is 3. The second-order valence-corrected chi connectivity index (χ2v) is 12.2. The van der Waals surface area contributed by atoms with Crippen LogP contribution in [0.5, 0.6) is 0 Å². The second-order valence-electron chi connectivity index (χ2n) is 11.8. The quantitative estimate of drug-likeness (QED) is 0.280. The normalized spacial score (nSPS) is 15.8. The van der Waals surface area contributed by atoms with Crippen LogP contribution in [0, 0.1) is 0 Å². The number of rotatable bonds is 11. The molecule has 1 aromatic heterocycles. The highest BCUT2D eigenvalue weighted by Crippen LogP contribution is 2.32. The minimum Gasteiger partial charge on any atom is -0.480 e. The molecule has 2 heterocycles. The van der Waals surface area contributed by atoms with Crippen LogP contribution in [0.3, 0.4) is 0 Å². The van der Waals surface area contributed by atoms with Crippen molar-refractivity contribution in [3.63, 3.8) is 0 Å². The van der Waals surface area contributed by atoms with Crippen LogP contribution in [0.4, 0.5) is 10.6 Å². The first kappa shape index (κ1) is 32.8. The Bertz CT molecular complexity index is 1460. The minimum absolute atomic E-state index is 0.0468. The number of amides is 2. The molecule has 1 aliphatic heterocycles. The lowest BCUT2D eigenvalue weighted by Gasteiger charge is -2.35. The third-order valence-electron chi connectivity index (χ3n) is 7.14. The van der Waals surface area contributed by atoms with Crippen LogP contribution in [-0.2, 0) is 33.8 Å². The molecule has 2 aromatic carbocycles. The van der Waals surface area contributed by atoms with Gasteiger partial charge in [0.2, 0.25) is 0 Å². The summed E-state index contributed by atoms with van der Waals surface area (Å²) in [4.78, 5) is 40.6. The third kappa shape index (κ3) is 8.73. The SMILES string of the molecule is COCn1nc(C(=O)N[C@@H](Cc2ccccc2)C(=O)O)c(Cc2ccccc2Cl)c1N1CCC[C@@H](NC(=O)OC(C)(C)C)C1. The molecule has 1 fully saturated rings. The first-order chi connectivity index (χ1) is 20.9. The number of carboxylic acids is 1. The Labute approximate surface area is 262 Å². The molecule has 0 saturated carbocycles. The van der Waals surface area contributed by atoms with Crippen molar-refractivity contribution < 1.29 is 29.0 Å². The lowest BCUT2D eigenvalue weighted by atomic mass is 10.0. The van der Waals surface area contributed by atoms with Crippen molar-refractivity contribution in [1.29, 1.82) is 0 Å². The van der Waals surface area contributed by atoms with E-state index < -0.39 is 29.6 Å². The Morgan fingerprint density at radius 2 is 1.82 bits per heavy atom. The van der Waals surface area contributed by atoms with E-state index in [1.165, 1.54) is 7.11 Å². The van der Waals surface area contributed by atoms with Gasteiger partial charge in [-0.3, -0.25) is 4.79 Å². The van der Waals surface area contributed by atoms with Crippen molar-refractivity contribution in [2.75, 3.05) is 25.1 Å². The van der Waals surface area contributed by atoms with Gasteiger partial charge in [-0.2, -0.15) is 5.10 Å². The molecule has 0 aliphatic carbocycles. The average molecular weight is 626 g/mol. The number of ether oxygens (including phenoxy) is 2. The van der Waals surface area contributed by atoms with Crippen molar-refractivity contribution in [3.05, 3.63) is 82.0 Å². The average Bonchev–Trinajstić information content (AvgIpc) is 3.31. The molecule has 0 spiro atoms. The predicted octanol–water partition coefficient (Wildman–Crippen LogP) is 4.65. The summed E-state index contributed by atoms with van der Waals surface area (Å²) in [6.07, 6.45) is 1.39. The number of aromatic nitrogens is 2. The van der Waals surface area contributed by atoms with E-state index in [0.717, 1.165) is 24.0 Å². The molecule has 1 saturated heterocycles. The number of carboxylic acid groups (broad SMARTS) is 1. The standard InChI is InChI=1S/C32H40ClN5O6/c1-32(2,3)44-31(42)34-23-14-10-16-37(19-23)29-24(18-22-13-8-9-15-25(22)33)27(36-38(29)20-43-4)28(39)35-26(30(40)41)17-21-11-6-5-7-12-21/h5-9,11-13,15,23,26H,10,14,16-20H2,1-4H3,(H,34,42)(H,35,39)(H,40,41)/t23-,26+/m1/s1. The van der Waals surface area contributed by atoms with Gasteiger partial charge < -0.3 is 30.1 Å². The van der Waals surface area contributed by atoms with Crippen LogP contribution < -0.4 is 15.5 Å². The Hall–Kier alpha value is -4.09. The Kier molecular flexibility index (Phi) is 10.9. The van der Waals surface area contributed by atoms with E-state index >= 15 is 0 Å². The van der Waals surface area contributed by atoms with Gasteiger partial charge in [0.25, 0.3) is 5.91 Å². The van der Waals surface area contributed by atoms with Gasteiger partial charge >= 0.3 is 12.1 Å². The number of piperidine rings is 1. The smallest absolute Gasteiger partial charge is 0.407 e. The Balaban J connectivity index is 1.70. The van der Waals surface area contributed by atoms with Crippen molar-refractivity contribution in [3.8, 4) is 0 Å². The van der Waals surface area contributed by atoms with Crippen LogP contribution in [0.2, 0.25) is 5.02 Å². The summed E-state index contributed by atoms with van der Waals surface area (Å²) in [5.74, 6) is -1.13. The number of halogens is 1. The van der Waals surface area contributed by atoms with E-state index in [-0.39, 0.29) is 31.3 Å². The van der Waals surface area contributed by atoms with Gasteiger partial charge in [0.05, 0.1) is 0 Å². The highest BCUT2D eigenvalue weighted by molar-refractivity contribution is 6.31. The summed E-state index contributed by atoms with van der Waals surface area (Å²) in [5.41, 5.74) is 1.58. The first-order valence-electron chi connectivity index (χ1n) is 14.6. The van der Waals surface area contributed by atoms with Crippen molar-refractivity contribution in [1.82, 2.24) is 20.4 Å². The van der Waals surface area contributed by atoms with Gasteiger partial charge in [-0.15, -0.1) is 0 Å². The summed E-state index contributed by atoms with van der Waals surface area (Å²) in [6.45, 7) is 6.56. The zero-order valence-corrected chi connectivity index (χ0v) is 26.3. The van der Waals surface area contributed by atoms with Crippen LogP contribution in [-0.4, -0.2) is 70.7 Å². The maximum atomic E-state index is 13.8. The van der Waals surface area contributed by atoms with Crippen LogP contribution >= 0.6 is 11.6 Å². The van der Waals surface area contributed by atoms with E-state index in [1.54, 1.807) is 10.7 Å². The molecule has 0 unspecified atom stereocenters. The van der Waals surface area contributed by atoms with Gasteiger partial charge in [-0.25, -0.2) is 14.3 Å². The molecule has 0 bridgehead atoms. The summed E-state index contributed by atoms with van der Waals surface area (Å²) >= 11 is 6.56. The van der Waals surface area contributed by atoms with Crippen molar-refractivity contribution in [2.24, 2.45) is 0 Å². The van der Waals surface area contributed by atoms with Crippen LogP contribution in [0.25, 0.3) is 0 Å². The molecular formula is C32H40ClN5O6. The molecule has 44 heavy (non-hydrogen) atoms. The number of methoxy groups -OCH3 is 1. The summed E-state index contributed by atoms with van der Waals surface area (Å²) < 4.78 is 12.5. The Morgan fingerprint density at radius 3 is 2.48 bits per heavy atom. The summed E-state index contributed by atoms with van der Waals surface area (Å²) in [6, 6.07) is 15.1. The molecule has 236 valence electrons. The number of carbonyl (C=O) groups excluding carboxylic acids is 2. The van der Waals surface area contributed by atoms with Crippen LogP contribution in [0.15, 0.2) is 54.6 Å². The number of benzene rings is 2.